The molecule has 1 heterocycles. The monoisotopic (exact) mass is 318 g/mol. The van der Waals surface area contributed by atoms with Crippen molar-refractivity contribution in [2.45, 2.75) is 12.8 Å². The van der Waals surface area contributed by atoms with Gasteiger partial charge in [-0.25, -0.2) is 0 Å². The summed E-state index contributed by atoms with van der Waals surface area (Å²) >= 11 is 13.1. The van der Waals surface area contributed by atoms with Gasteiger partial charge in [-0.3, -0.25) is 4.79 Å². The second kappa shape index (κ2) is 6.47. The Balaban J connectivity index is 2.20. The molecule has 1 aromatic carbocycles. The van der Waals surface area contributed by atoms with Gasteiger partial charge in [0.2, 0.25) is 5.91 Å². The Kier molecular flexibility index (Phi) is 4.93. The van der Waals surface area contributed by atoms with Crippen LogP contribution >= 0.6 is 34.9 Å². The van der Waals surface area contributed by atoms with Crippen LogP contribution in [0.1, 0.15) is 12.8 Å². The zero-order valence-electron chi connectivity index (χ0n) is 10.2. The normalized spacial score (nSPS) is 10.9. The minimum atomic E-state index is -0.103. The first-order valence-electron chi connectivity index (χ1n) is 5.68. The van der Waals surface area contributed by atoms with Crippen LogP contribution in [0.15, 0.2) is 6.07 Å². The molecule has 1 aromatic heterocycles. The number of hydrogen-bond acceptors (Lipinski definition) is 5. The minimum absolute atomic E-state index is 0.103. The first-order chi connectivity index (χ1) is 9.13. The number of hydrogen-bond donors (Lipinski definition) is 2. The topological polar surface area (TPSA) is 66.9 Å². The molecule has 19 heavy (non-hydrogen) atoms. The van der Waals surface area contributed by atoms with Gasteiger partial charge in [0.25, 0.3) is 0 Å². The second-order valence-electron chi connectivity index (χ2n) is 3.93. The van der Waals surface area contributed by atoms with Gasteiger partial charge in [-0.1, -0.05) is 23.2 Å². The summed E-state index contributed by atoms with van der Waals surface area (Å²) in [6.45, 7) is 0.787. The molecule has 0 fully saturated rings. The Hall–Kier alpha value is -0.950. The van der Waals surface area contributed by atoms with Crippen LogP contribution in [0.5, 0.6) is 0 Å². The van der Waals surface area contributed by atoms with E-state index >= 15 is 0 Å². The average Bonchev–Trinajstić information content (AvgIpc) is 2.84. The van der Waals surface area contributed by atoms with Crippen LogP contribution in [0, 0.1) is 0 Å². The number of fused-ring (bicyclic) bond motifs is 1. The maximum absolute atomic E-state index is 11.8. The number of nitrogens with zero attached hydrogens (tertiary/aromatic N) is 2. The fourth-order valence-corrected chi connectivity index (χ4v) is 2.78. The number of amides is 1. The maximum Gasteiger partial charge on any atom is 0.224 e. The molecule has 1 amide bonds. The zero-order valence-corrected chi connectivity index (χ0v) is 12.5. The highest BCUT2D eigenvalue weighted by Gasteiger charge is 2.15. The third-order valence-corrected chi connectivity index (χ3v) is 3.65. The van der Waals surface area contributed by atoms with Crippen LogP contribution < -0.4 is 10.6 Å². The van der Waals surface area contributed by atoms with E-state index in [9.17, 15) is 4.79 Å². The molecule has 0 bridgehead atoms. The van der Waals surface area contributed by atoms with Gasteiger partial charge in [-0.15, -0.1) is 0 Å². The Morgan fingerprint density at radius 2 is 2.05 bits per heavy atom. The molecule has 0 aliphatic rings. The van der Waals surface area contributed by atoms with Crippen molar-refractivity contribution < 1.29 is 4.79 Å². The van der Waals surface area contributed by atoms with Crippen molar-refractivity contribution in [1.82, 2.24) is 14.1 Å². The molecule has 2 N–H and O–H groups in total. The lowest BCUT2D eigenvalue weighted by atomic mass is 10.2. The predicted molar refractivity (Wildman–Crippen MR) is 79.2 cm³/mol. The van der Waals surface area contributed by atoms with E-state index in [0.29, 0.717) is 33.2 Å². The molecule has 102 valence electrons. The Bertz CT molecular complexity index is 602. The van der Waals surface area contributed by atoms with Crippen molar-refractivity contribution in [3.63, 3.8) is 0 Å². The highest BCUT2D eigenvalue weighted by molar-refractivity contribution is 7.00. The van der Waals surface area contributed by atoms with E-state index in [2.05, 4.69) is 19.4 Å². The minimum Gasteiger partial charge on any atom is -0.323 e. The number of benzene rings is 1. The van der Waals surface area contributed by atoms with Gasteiger partial charge in [0.1, 0.15) is 11.0 Å². The van der Waals surface area contributed by atoms with E-state index < -0.39 is 0 Å². The summed E-state index contributed by atoms with van der Waals surface area (Å²) in [5, 5.41) is 6.56. The lowest BCUT2D eigenvalue weighted by molar-refractivity contribution is -0.116. The van der Waals surface area contributed by atoms with Gasteiger partial charge in [0, 0.05) is 6.42 Å². The Labute approximate surface area is 124 Å². The highest BCUT2D eigenvalue weighted by Crippen LogP contribution is 2.35. The molecule has 0 saturated heterocycles. The summed E-state index contributed by atoms with van der Waals surface area (Å²) in [6.07, 6.45) is 1.17. The highest BCUT2D eigenvalue weighted by atomic mass is 35.5. The summed E-state index contributed by atoms with van der Waals surface area (Å²) in [4.78, 5) is 11.8. The summed E-state index contributed by atoms with van der Waals surface area (Å²) in [5.41, 5.74) is 1.57. The van der Waals surface area contributed by atoms with Crippen LogP contribution in [-0.2, 0) is 4.79 Å². The lowest BCUT2D eigenvalue weighted by Gasteiger charge is -2.08. The SMILES string of the molecule is CNCCCC(=O)Nc1c(Cl)cc(Cl)c2nsnc12. The van der Waals surface area contributed by atoms with Crippen LogP contribution in [0.25, 0.3) is 11.0 Å². The van der Waals surface area contributed by atoms with Crippen molar-refractivity contribution in [3.8, 4) is 0 Å². The van der Waals surface area contributed by atoms with Gasteiger partial charge in [-0.05, 0) is 26.1 Å². The first kappa shape index (κ1) is 14.5. The number of aromatic nitrogens is 2. The lowest BCUT2D eigenvalue weighted by Crippen LogP contribution is -2.15. The third kappa shape index (κ3) is 3.33. The van der Waals surface area contributed by atoms with Gasteiger partial charge in [0.15, 0.2) is 0 Å². The molecule has 5 nitrogen and oxygen atoms in total. The second-order valence-corrected chi connectivity index (χ2v) is 5.27. The fourth-order valence-electron chi connectivity index (χ4n) is 1.62. The van der Waals surface area contributed by atoms with Gasteiger partial charge in [-0.2, -0.15) is 8.75 Å². The average molecular weight is 319 g/mol. The van der Waals surface area contributed by atoms with Crippen LogP contribution in [0.4, 0.5) is 5.69 Å². The summed E-state index contributed by atoms with van der Waals surface area (Å²) in [6, 6.07) is 1.57. The Morgan fingerprint density at radius 1 is 1.32 bits per heavy atom. The van der Waals surface area contributed by atoms with E-state index in [0.717, 1.165) is 24.7 Å². The smallest absolute Gasteiger partial charge is 0.224 e. The Morgan fingerprint density at radius 3 is 2.79 bits per heavy atom. The molecule has 0 unspecified atom stereocenters. The molecule has 0 aliphatic carbocycles. The molecule has 0 radical (unpaired) electrons. The van der Waals surface area contributed by atoms with Gasteiger partial charge >= 0.3 is 0 Å². The van der Waals surface area contributed by atoms with E-state index in [-0.39, 0.29) is 5.91 Å². The van der Waals surface area contributed by atoms with E-state index in [1.165, 1.54) is 0 Å². The molecule has 0 spiro atoms. The van der Waals surface area contributed by atoms with E-state index in [1.54, 1.807) is 6.07 Å². The van der Waals surface area contributed by atoms with Gasteiger partial charge in [0.05, 0.1) is 27.5 Å². The summed E-state index contributed by atoms with van der Waals surface area (Å²) < 4.78 is 8.21. The maximum atomic E-state index is 11.8. The van der Waals surface area contributed by atoms with E-state index in [1.807, 2.05) is 7.05 Å². The zero-order chi connectivity index (χ0) is 13.8. The number of nitrogens with one attached hydrogen (secondary N) is 2. The predicted octanol–water partition coefficient (Wildman–Crippen LogP) is 2.94. The molecule has 0 saturated carbocycles. The molecular formula is C11H12Cl2N4OS. The third-order valence-electron chi connectivity index (χ3n) is 2.54. The standard InChI is InChI=1S/C11H12Cl2N4OS/c1-14-4-2-3-8(18)15-9-6(12)5-7(13)10-11(9)17-19-16-10/h5,14H,2-4H2,1H3,(H,15,18). The number of rotatable bonds is 5. The van der Waals surface area contributed by atoms with Crippen molar-refractivity contribution in [3.05, 3.63) is 16.1 Å². The molecule has 0 atom stereocenters. The van der Waals surface area contributed by atoms with Crippen molar-refractivity contribution in [2.75, 3.05) is 18.9 Å². The molecule has 8 heteroatoms. The molecular weight excluding hydrogens is 307 g/mol. The number of anilines is 1. The molecule has 2 rings (SSSR count). The number of carbonyl (C=O) groups is 1. The summed E-state index contributed by atoms with van der Waals surface area (Å²) in [5.74, 6) is -0.103. The van der Waals surface area contributed by atoms with E-state index in [4.69, 9.17) is 23.2 Å². The van der Waals surface area contributed by atoms with Crippen LogP contribution in [-0.4, -0.2) is 28.2 Å². The molecule has 2 aromatic rings. The van der Waals surface area contributed by atoms with Crippen molar-refractivity contribution in [1.29, 1.82) is 0 Å². The first-order valence-corrected chi connectivity index (χ1v) is 7.17. The van der Waals surface area contributed by atoms with Crippen LogP contribution in [0.2, 0.25) is 10.0 Å². The quantitative estimate of drug-likeness (QED) is 0.832. The number of carbonyl (C=O) groups excluding carboxylic acids is 1. The summed E-state index contributed by atoms with van der Waals surface area (Å²) in [7, 11) is 1.85. The van der Waals surface area contributed by atoms with Crippen molar-refractivity contribution >= 4 is 57.6 Å². The molecule has 0 aliphatic heterocycles. The largest absolute Gasteiger partial charge is 0.323 e. The number of halogens is 2. The van der Waals surface area contributed by atoms with Crippen molar-refractivity contribution in [2.24, 2.45) is 0 Å². The fraction of sp³-hybridized carbons (Fsp3) is 0.364. The van der Waals surface area contributed by atoms with Gasteiger partial charge < -0.3 is 10.6 Å². The van der Waals surface area contributed by atoms with Crippen LogP contribution in [0.3, 0.4) is 0 Å².